The number of rotatable bonds is 8. The first-order chi connectivity index (χ1) is 14.0. The Kier molecular flexibility index (Phi) is 5.93. The molecule has 154 valence electrons. The maximum atomic E-state index is 5.87. The normalized spacial score (nSPS) is 17.1. The molecule has 2 N–H and O–H groups in total. The summed E-state index contributed by atoms with van der Waals surface area (Å²) < 4.78 is 7.89. The lowest BCUT2D eigenvalue weighted by Crippen LogP contribution is -2.23. The minimum absolute atomic E-state index is 0.398. The van der Waals surface area contributed by atoms with Gasteiger partial charge in [-0.05, 0) is 37.2 Å². The van der Waals surface area contributed by atoms with Gasteiger partial charge in [-0.3, -0.25) is 0 Å². The van der Waals surface area contributed by atoms with E-state index in [1.807, 2.05) is 41.4 Å². The van der Waals surface area contributed by atoms with Crippen LogP contribution in [0, 0.1) is 0 Å². The van der Waals surface area contributed by atoms with Crippen molar-refractivity contribution < 1.29 is 4.74 Å². The number of ether oxygens (including phenoxy) is 1. The van der Waals surface area contributed by atoms with Crippen LogP contribution in [0.1, 0.15) is 6.42 Å². The number of hydrogen-bond donors (Lipinski definition) is 2. The Morgan fingerprint density at radius 3 is 2.97 bits per heavy atom. The maximum Gasteiger partial charge on any atom is 0.160 e. The molecule has 3 aromatic heterocycles. The highest BCUT2D eigenvalue weighted by molar-refractivity contribution is 6.76. The van der Waals surface area contributed by atoms with Crippen LogP contribution in [-0.4, -0.2) is 53.3 Å². The number of hydrogen-bond acceptors (Lipinski definition) is 6. The summed E-state index contributed by atoms with van der Waals surface area (Å²) in [6.45, 7) is 10.4. The first-order valence-electron chi connectivity index (χ1n) is 10.3. The highest BCUT2D eigenvalue weighted by Gasteiger charge is 2.18. The van der Waals surface area contributed by atoms with E-state index < -0.39 is 8.07 Å². The molecule has 1 atom stereocenters. The van der Waals surface area contributed by atoms with Gasteiger partial charge in [-0.25, -0.2) is 15.0 Å². The predicted molar refractivity (Wildman–Crippen MR) is 120 cm³/mol. The molecule has 0 bridgehead atoms. The van der Waals surface area contributed by atoms with Crippen LogP contribution in [0.15, 0.2) is 36.8 Å². The standard InChI is InChI=1S/C21H30N6OSi/c1-29(2,3)12-11-28-15-27-10-7-18-21(27)24-14-19(26-18)17-5-4-8-23-20(17)25-16-6-9-22-13-16/h4-5,7-8,10,14,16,22H,6,9,11-13,15H2,1-3H3,(H,23,25)/t16-/m0/s1. The third-order valence-corrected chi connectivity index (χ3v) is 6.88. The van der Waals surface area contributed by atoms with Gasteiger partial charge >= 0.3 is 0 Å². The summed E-state index contributed by atoms with van der Waals surface area (Å²) in [6, 6.07) is 7.55. The molecule has 0 amide bonds. The van der Waals surface area contributed by atoms with Gasteiger partial charge in [0, 0.05) is 45.2 Å². The molecule has 1 aliphatic rings. The van der Waals surface area contributed by atoms with E-state index in [1.165, 1.54) is 0 Å². The number of anilines is 1. The topological polar surface area (TPSA) is 76.9 Å². The summed E-state index contributed by atoms with van der Waals surface area (Å²) >= 11 is 0. The van der Waals surface area contributed by atoms with Crippen LogP contribution in [0.4, 0.5) is 5.82 Å². The SMILES string of the molecule is C[Si](C)(C)CCOCn1ccc2nc(-c3cccnc3N[C@H]3CCNC3)cnc21. The van der Waals surface area contributed by atoms with Crippen molar-refractivity contribution in [3.05, 3.63) is 36.8 Å². The second-order valence-electron chi connectivity index (χ2n) is 8.83. The van der Waals surface area contributed by atoms with Crippen molar-refractivity contribution in [2.75, 3.05) is 25.0 Å². The third-order valence-electron chi connectivity index (χ3n) is 5.18. The van der Waals surface area contributed by atoms with E-state index in [-0.39, 0.29) is 0 Å². The van der Waals surface area contributed by atoms with Crippen molar-refractivity contribution in [1.82, 2.24) is 24.8 Å². The lowest BCUT2D eigenvalue weighted by Gasteiger charge is -2.16. The zero-order chi connectivity index (χ0) is 20.3. The first-order valence-corrected chi connectivity index (χ1v) is 14.0. The van der Waals surface area contributed by atoms with Crippen molar-refractivity contribution >= 4 is 25.1 Å². The molecular weight excluding hydrogens is 380 g/mol. The van der Waals surface area contributed by atoms with E-state index in [2.05, 4.69) is 40.2 Å². The zero-order valence-corrected chi connectivity index (χ0v) is 18.5. The summed E-state index contributed by atoms with van der Waals surface area (Å²) in [7, 11) is -1.08. The lowest BCUT2D eigenvalue weighted by molar-refractivity contribution is 0.0899. The Bertz CT molecular complexity index is 961. The monoisotopic (exact) mass is 410 g/mol. The summed E-state index contributed by atoms with van der Waals surface area (Å²) in [6.07, 6.45) is 6.74. The van der Waals surface area contributed by atoms with Crippen molar-refractivity contribution in [3.8, 4) is 11.3 Å². The predicted octanol–water partition coefficient (Wildman–Crippen LogP) is 3.58. The smallest absolute Gasteiger partial charge is 0.160 e. The maximum absolute atomic E-state index is 5.87. The van der Waals surface area contributed by atoms with Crippen LogP contribution in [0.25, 0.3) is 22.4 Å². The van der Waals surface area contributed by atoms with Crippen molar-refractivity contribution in [1.29, 1.82) is 0 Å². The fraction of sp³-hybridized carbons (Fsp3) is 0.476. The molecule has 1 aliphatic heterocycles. The Hall–Kier alpha value is -2.29. The molecule has 3 aromatic rings. The largest absolute Gasteiger partial charge is 0.365 e. The van der Waals surface area contributed by atoms with Crippen LogP contribution in [0.5, 0.6) is 0 Å². The van der Waals surface area contributed by atoms with Crippen LogP contribution >= 0.6 is 0 Å². The zero-order valence-electron chi connectivity index (χ0n) is 17.5. The van der Waals surface area contributed by atoms with E-state index in [9.17, 15) is 0 Å². The fourth-order valence-corrected chi connectivity index (χ4v) is 4.19. The second kappa shape index (κ2) is 8.60. The molecule has 0 radical (unpaired) electrons. The lowest BCUT2D eigenvalue weighted by atomic mass is 10.1. The van der Waals surface area contributed by atoms with Gasteiger partial charge in [0.25, 0.3) is 0 Å². The molecule has 1 saturated heterocycles. The van der Waals surface area contributed by atoms with Crippen LogP contribution in [0.3, 0.4) is 0 Å². The van der Waals surface area contributed by atoms with Crippen LogP contribution in [-0.2, 0) is 11.5 Å². The van der Waals surface area contributed by atoms with E-state index in [0.29, 0.717) is 12.8 Å². The molecule has 4 rings (SSSR count). The van der Waals surface area contributed by atoms with E-state index in [1.54, 1.807) is 0 Å². The summed E-state index contributed by atoms with van der Waals surface area (Å²) in [5.74, 6) is 0.865. The number of aromatic nitrogens is 4. The molecule has 29 heavy (non-hydrogen) atoms. The Morgan fingerprint density at radius 1 is 1.28 bits per heavy atom. The molecule has 0 aliphatic carbocycles. The van der Waals surface area contributed by atoms with E-state index in [4.69, 9.17) is 9.72 Å². The van der Waals surface area contributed by atoms with Gasteiger partial charge in [-0.15, -0.1) is 0 Å². The molecule has 0 aromatic carbocycles. The van der Waals surface area contributed by atoms with Gasteiger partial charge in [-0.2, -0.15) is 0 Å². The van der Waals surface area contributed by atoms with Gasteiger partial charge in [0.1, 0.15) is 18.1 Å². The fourth-order valence-electron chi connectivity index (χ4n) is 3.43. The van der Waals surface area contributed by atoms with Crippen LogP contribution in [0.2, 0.25) is 25.7 Å². The number of nitrogens with zero attached hydrogens (tertiary/aromatic N) is 4. The number of fused-ring (bicyclic) bond motifs is 1. The van der Waals surface area contributed by atoms with Gasteiger partial charge in [0.15, 0.2) is 5.65 Å². The van der Waals surface area contributed by atoms with E-state index >= 15 is 0 Å². The van der Waals surface area contributed by atoms with Crippen molar-refractivity contribution in [2.24, 2.45) is 0 Å². The average Bonchev–Trinajstić information content (AvgIpc) is 3.34. The van der Waals surface area contributed by atoms with Crippen LogP contribution < -0.4 is 10.6 Å². The molecule has 1 fully saturated rings. The average molecular weight is 411 g/mol. The highest BCUT2D eigenvalue weighted by Crippen LogP contribution is 2.26. The molecule has 7 nitrogen and oxygen atoms in total. The first kappa shape index (κ1) is 20.0. The minimum atomic E-state index is -1.08. The Morgan fingerprint density at radius 2 is 2.17 bits per heavy atom. The van der Waals surface area contributed by atoms with Gasteiger partial charge in [0.2, 0.25) is 0 Å². The second-order valence-corrected chi connectivity index (χ2v) is 14.5. The Balaban J connectivity index is 1.50. The summed E-state index contributed by atoms with van der Waals surface area (Å²) in [4.78, 5) is 14.1. The molecule has 0 unspecified atom stereocenters. The number of nitrogens with one attached hydrogen (secondary N) is 2. The quantitative estimate of drug-likeness (QED) is 0.437. The molecule has 8 heteroatoms. The summed E-state index contributed by atoms with van der Waals surface area (Å²) in [5, 5.41) is 6.92. The summed E-state index contributed by atoms with van der Waals surface area (Å²) in [5.41, 5.74) is 3.53. The molecule has 0 spiro atoms. The molecule has 4 heterocycles. The Labute approximate surface area is 172 Å². The molecule has 0 saturated carbocycles. The van der Waals surface area contributed by atoms with Gasteiger partial charge in [-0.1, -0.05) is 19.6 Å². The van der Waals surface area contributed by atoms with Gasteiger partial charge < -0.3 is 19.9 Å². The van der Waals surface area contributed by atoms with Gasteiger partial charge in [0.05, 0.1) is 11.9 Å². The van der Waals surface area contributed by atoms with Crippen molar-refractivity contribution in [3.63, 3.8) is 0 Å². The molecular formula is C21H30N6OSi. The number of pyridine rings is 1. The third kappa shape index (κ3) is 5.01. The minimum Gasteiger partial charge on any atom is -0.365 e. The van der Waals surface area contributed by atoms with E-state index in [0.717, 1.165) is 60.4 Å². The highest BCUT2D eigenvalue weighted by atomic mass is 28.3. The van der Waals surface area contributed by atoms with Crippen molar-refractivity contribution in [2.45, 2.75) is 44.9 Å².